The second-order valence-electron chi connectivity index (χ2n) is 7.38. The van der Waals surface area contributed by atoms with Crippen LogP contribution in [0.4, 0.5) is 13.6 Å². The van der Waals surface area contributed by atoms with Crippen molar-refractivity contribution in [1.82, 2.24) is 4.90 Å². The zero-order chi connectivity index (χ0) is 19.7. The number of halogens is 2. The lowest BCUT2D eigenvalue weighted by Crippen LogP contribution is -2.55. The molecular weight excluding hydrogens is 344 g/mol. The Balaban J connectivity index is 2.65. The summed E-state index contributed by atoms with van der Waals surface area (Å²) in [4.78, 5) is 24.6. The first-order chi connectivity index (χ1) is 12.0. The number of benzene rings is 1. The first kappa shape index (κ1) is 19.9. The van der Waals surface area contributed by atoms with Crippen LogP contribution in [0.15, 0.2) is 30.4 Å². The molecule has 1 N–H and O–H groups in total. The number of carbonyl (C=O) groups is 2. The molecule has 1 heterocycles. The van der Waals surface area contributed by atoms with Gasteiger partial charge in [0.15, 0.2) is 0 Å². The normalized spacial score (nSPS) is 23.5. The monoisotopic (exact) mass is 367 g/mol. The summed E-state index contributed by atoms with van der Waals surface area (Å²) in [6.45, 7) is 5.37. The van der Waals surface area contributed by atoms with Crippen molar-refractivity contribution in [3.05, 3.63) is 47.5 Å². The topological polar surface area (TPSA) is 66.8 Å². The molecular formula is C19H23F2NO4. The van der Waals surface area contributed by atoms with E-state index in [0.29, 0.717) is 12.8 Å². The lowest BCUT2D eigenvalue weighted by molar-refractivity contribution is -0.134. The fourth-order valence-electron chi connectivity index (χ4n) is 3.85. The van der Waals surface area contributed by atoms with Crippen LogP contribution >= 0.6 is 0 Å². The van der Waals surface area contributed by atoms with E-state index in [1.807, 2.05) is 0 Å². The molecule has 1 amide bonds. The molecule has 1 fully saturated rings. The van der Waals surface area contributed by atoms with Crippen molar-refractivity contribution in [2.24, 2.45) is 5.41 Å². The van der Waals surface area contributed by atoms with Gasteiger partial charge >= 0.3 is 12.1 Å². The second kappa shape index (κ2) is 7.05. The molecule has 1 saturated heterocycles. The third kappa shape index (κ3) is 3.30. The first-order valence-electron chi connectivity index (χ1n) is 8.28. The van der Waals surface area contributed by atoms with Gasteiger partial charge in [-0.3, -0.25) is 4.90 Å². The predicted molar refractivity (Wildman–Crippen MR) is 91.5 cm³/mol. The average molecular weight is 367 g/mol. The van der Waals surface area contributed by atoms with E-state index in [4.69, 9.17) is 0 Å². The molecule has 0 saturated carbocycles. The maximum absolute atomic E-state index is 14.7. The number of hydrogen-bond acceptors (Lipinski definition) is 3. The number of nitrogens with zero attached hydrogens (tertiary/aromatic N) is 1. The molecule has 2 atom stereocenters. The Morgan fingerprint density at radius 1 is 1.35 bits per heavy atom. The summed E-state index contributed by atoms with van der Waals surface area (Å²) >= 11 is 0. The lowest BCUT2D eigenvalue weighted by atomic mass is 9.67. The standard InChI is InChI=1S/C19H23F2NO4/c1-18(2,3)19(14-11-12(20)5-7-15(14)21)10-9-13(22(19)17(24)25)6-8-16(23)26-4/h5-8,11,13H,9-10H2,1-4H3,(H,24,25)/t13-,19+/m0/s1. The third-order valence-electron chi connectivity index (χ3n) is 5.02. The van der Waals surface area contributed by atoms with E-state index in [2.05, 4.69) is 4.74 Å². The van der Waals surface area contributed by atoms with Crippen LogP contribution in [0.2, 0.25) is 0 Å². The first-order valence-corrected chi connectivity index (χ1v) is 8.28. The van der Waals surface area contributed by atoms with Crippen molar-refractivity contribution in [3.8, 4) is 0 Å². The van der Waals surface area contributed by atoms with Crippen LogP contribution in [0.5, 0.6) is 0 Å². The van der Waals surface area contributed by atoms with Gasteiger partial charge in [0, 0.05) is 11.6 Å². The van der Waals surface area contributed by atoms with E-state index in [0.717, 1.165) is 29.2 Å². The number of carbonyl (C=O) groups excluding carboxylic acids is 1. The third-order valence-corrected chi connectivity index (χ3v) is 5.02. The molecule has 0 unspecified atom stereocenters. The molecule has 142 valence electrons. The molecule has 0 spiro atoms. The summed E-state index contributed by atoms with van der Waals surface area (Å²) in [5, 5.41) is 9.89. The van der Waals surface area contributed by atoms with E-state index < -0.39 is 40.7 Å². The Labute approximate surface area is 151 Å². The second-order valence-corrected chi connectivity index (χ2v) is 7.38. The number of amides is 1. The van der Waals surface area contributed by atoms with Crippen molar-refractivity contribution < 1.29 is 28.2 Å². The summed E-state index contributed by atoms with van der Waals surface area (Å²) in [6.07, 6.45) is 1.98. The van der Waals surface area contributed by atoms with Crippen LogP contribution < -0.4 is 0 Å². The minimum absolute atomic E-state index is 0.00127. The van der Waals surface area contributed by atoms with Crippen LogP contribution in [0.25, 0.3) is 0 Å². The number of ether oxygens (including phenoxy) is 1. The van der Waals surface area contributed by atoms with Gasteiger partial charge in [-0.15, -0.1) is 0 Å². The smallest absolute Gasteiger partial charge is 0.408 e. The van der Waals surface area contributed by atoms with Crippen molar-refractivity contribution >= 4 is 12.1 Å². The molecule has 2 rings (SSSR count). The molecule has 0 bridgehead atoms. The molecule has 26 heavy (non-hydrogen) atoms. The zero-order valence-electron chi connectivity index (χ0n) is 15.3. The van der Waals surface area contributed by atoms with Crippen LogP contribution in [0.1, 0.15) is 39.2 Å². The highest BCUT2D eigenvalue weighted by atomic mass is 19.1. The Kier molecular flexibility index (Phi) is 5.39. The quantitative estimate of drug-likeness (QED) is 0.646. The van der Waals surface area contributed by atoms with Crippen molar-refractivity contribution in [2.45, 2.75) is 45.2 Å². The van der Waals surface area contributed by atoms with Crippen LogP contribution in [0, 0.1) is 17.0 Å². The predicted octanol–water partition coefficient (Wildman–Crippen LogP) is 4.08. The van der Waals surface area contributed by atoms with Gasteiger partial charge in [0.1, 0.15) is 11.6 Å². The summed E-state index contributed by atoms with van der Waals surface area (Å²) in [5.74, 6) is -1.91. The molecule has 0 radical (unpaired) electrons. The van der Waals surface area contributed by atoms with Gasteiger partial charge in [-0.2, -0.15) is 0 Å². The number of rotatable bonds is 3. The Bertz CT molecular complexity index is 742. The van der Waals surface area contributed by atoms with Crippen molar-refractivity contribution in [1.29, 1.82) is 0 Å². The van der Waals surface area contributed by atoms with Gasteiger partial charge in [-0.05, 0) is 36.5 Å². The Hall–Kier alpha value is -2.44. The van der Waals surface area contributed by atoms with E-state index in [1.54, 1.807) is 20.8 Å². The lowest BCUT2D eigenvalue weighted by Gasteiger charge is -2.48. The molecule has 7 heteroatoms. The molecule has 0 aliphatic carbocycles. The highest BCUT2D eigenvalue weighted by molar-refractivity contribution is 5.82. The van der Waals surface area contributed by atoms with Gasteiger partial charge < -0.3 is 9.84 Å². The average Bonchev–Trinajstić information content (AvgIpc) is 2.95. The van der Waals surface area contributed by atoms with Gasteiger partial charge in [-0.25, -0.2) is 18.4 Å². The van der Waals surface area contributed by atoms with Crippen molar-refractivity contribution in [2.75, 3.05) is 7.11 Å². The van der Waals surface area contributed by atoms with Crippen LogP contribution in [-0.4, -0.2) is 35.2 Å². The molecule has 1 aliphatic rings. The largest absolute Gasteiger partial charge is 0.466 e. The van der Waals surface area contributed by atoms with Gasteiger partial charge in [0.25, 0.3) is 0 Å². The minimum atomic E-state index is -1.28. The van der Waals surface area contributed by atoms with Gasteiger partial charge in [0.2, 0.25) is 0 Å². The summed E-state index contributed by atoms with van der Waals surface area (Å²) in [6, 6.07) is 2.41. The zero-order valence-corrected chi connectivity index (χ0v) is 15.3. The molecule has 1 aliphatic heterocycles. The molecule has 0 aromatic heterocycles. The molecule has 5 nitrogen and oxygen atoms in total. The Morgan fingerprint density at radius 2 is 2.00 bits per heavy atom. The molecule has 1 aromatic carbocycles. The van der Waals surface area contributed by atoms with E-state index >= 15 is 0 Å². The number of esters is 1. The SMILES string of the molecule is COC(=O)C=C[C@H]1CC[C@@](c2cc(F)ccc2F)(C(C)(C)C)N1C(=O)O. The molecule has 1 aromatic rings. The van der Waals surface area contributed by atoms with E-state index in [9.17, 15) is 23.5 Å². The highest BCUT2D eigenvalue weighted by Gasteiger charge is 2.57. The summed E-state index contributed by atoms with van der Waals surface area (Å²) in [5.41, 5.74) is -2.01. The van der Waals surface area contributed by atoms with Crippen molar-refractivity contribution in [3.63, 3.8) is 0 Å². The number of hydrogen-bond donors (Lipinski definition) is 1. The number of likely N-dealkylation sites (tertiary alicyclic amines) is 1. The van der Waals surface area contributed by atoms with Gasteiger partial charge in [-0.1, -0.05) is 26.8 Å². The number of methoxy groups -OCH3 is 1. The maximum atomic E-state index is 14.7. The fraction of sp³-hybridized carbons (Fsp3) is 0.474. The van der Waals surface area contributed by atoms with Crippen LogP contribution in [0.3, 0.4) is 0 Å². The highest BCUT2D eigenvalue weighted by Crippen LogP contribution is 2.54. The van der Waals surface area contributed by atoms with E-state index in [1.165, 1.54) is 13.2 Å². The maximum Gasteiger partial charge on any atom is 0.408 e. The van der Waals surface area contributed by atoms with E-state index in [-0.39, 0.29) is 5.56 Å². The number of carboxylic acid groups (broad SMARTS) is 1. The fourth-order valence-corrected chi connectivity index (χ4v) is 3.85. The summed E-state index contributed by atoms with van der Waals surface area (Å²) < 4.78 is 33.1. The van der Waals surface area contributed by atoms with Gasteiger partial charge in [0.05, 0.1) is 18.7 Å². The van der Waals surface area contributed by atoms with Crippen LogP contribution in [-0.2, 0) is 15.1 Å². The Morgan fingerprint density at radius 3 is 2.54 bits per heavy atom. The summed E-state index contributed by atoms with van der Waals surface area (Å²) in [7, 11) is 1.22. The minimum Gasteiger partial charge on any atom is -0.466 e.